The molecule has 2 aromatic heterocycles. The highest BCUT2D eigenvalue weighted by Crippen LogP contribution is 2.07. The number of rotatable bonds is 2. The van der Waals surface area contributed by atoms with Crippen LogP contribution in [0.25, 0.3) is 11.2 Å². The Hall–Kier alpha value is -3.16. The highest BCUT2D eigenvalue weighted by Gasteiger charge is 2.12. The van der Waals surface area contributed by atoms with Gasteiger partial charge in [0.15, 0.2) is 5.52 Å². The quantitative estimate of drug-likeness (QED) is 0.591. The number of anilines is 1. The third-order valence-electron chi connectivity index (χ3n) is 2.66. The SMILES string of the molecule is O=C(Nc1nc2c(ncn2O)c(=O)[nH]1)c1ccccc1. The first kappa shape index (κ1) is 11.9. The molecule has 3 aromatic rings. The molecule has 1 amide bonds. The molecule has 0 saturated carbocycles. The largest absolute Gasteiger partial charge is 0.425 e. The van der Waals surface area contributed by atoms with Gasteiger partial charge in [-0.05, 0) is 12.1 Å². The number of nitrogens with zero attached hydrogens (tertiary/aromatic N) is 3. The first-order chi connectivity index (χ1) is 9.65. The second-order valence-electron chi connectivity index (χ2n) is 4.00. The maximum Gasteiger partial charge on any atom is 0.280 e. The van der Waals surface area contributed by atoms with E-state index in [0.717, 1.165) is 6.33 Å². The standard InChI is InChI=1S/C12H9N5O3/c18-10(7-4-2-1-3-5-7)15-12-14-9-8(11(19)16-12)13-6-17(9)20/h1-6,20H,(H2,14,15,16,18,19). The molecule has 2 heterocycles. The summed E-state index contributed by atoms with van der Waals surface area (Å²) in [6.07, 6.45) is 1.05. The molecule has 0 bridgehead atoms. The molecule has 20 heavy (non-hydrogen) atoms. The molecule has 8 heteroatoms. The summed E-state index contributed by atoms with van der Waals surface area (Å²) < 4.78 is 0.614. The number of benzene rings is 1. The average Bonchev–Trinajstić information content (AvgIpc) is 2.82. The van der Waals surface area contributed by atoms with Crippen LogP contribution in [-0.4, -0.2) is 30.8 Å². The van der Waals surface area contributed by atoms with Gasteiger partial charge in [-0.3, -0.25) is 19.9 Å². The van der Waals surface area contributed by atoms with Crippen molar-refractivity contribution in [2.75, 3.05) is 5.32 Å². The molecular formula is C12H9N5O3. The highest BCUT2D eigenvalue weighted by atomic mass is 16.5. The molecule has 0 fully saturated rings. The van der Waals surface area contributed by atoms with Crippen molar-refractivity contribution < 1.29 is 10.0 Å². The Morgan fingerprint density at radius 2 is 2.05 bits per heavy atom. The lowest BCUT2D eigenvalue weighted by Gasteiger charge is -2.04. The summed E-state index contributed by atoms with van der Waals surface area (Å²) in [6, 6.07) is 8.48. The van der Waals surface area contributed by atoms with Crippen LogP contribution >= 0.6 is 0 Å². The van der Waals surface area contributed by atoms with Gasteiger partial charge in [0.05, 0.1) is 0 Å². The molecule has 0 saturated heterocycles. The summed E-state index contributed by atoms with van der Waals surface area (Å²) in [6.45, 7) is 0. The fourth-order valence-electron chi connectivity index (χ4n) is 1.73. The first-order valence-corrected chi connectivity index (χ1v) is 5.68. The molecule has 0 atom stereocenters. The minimum Gasteiger partial charge on any atom is -0.425 e. The number of carbonyl (C=O) groups is 1. The molecular weight excluding hydrogens is 262 g/mol. The number of hydrogen-bond acceptors (Lipinski definition) is 5. The lowest BCUT2D eigenvalue weighted by atomic mass is 10.2. The van der Waals surface area contributed by atoms with Crippen molar-refractivity contribution in [3.8, 4) is 0 Å². The number of imidazole rings is 1. The predicted molar refractivity (Wildman–Crippen MR) is 69.7 cm³/mol. The maximum atomic E-state index is 11.9. The van der Waals surface area contributed by atoms with Gasteiger partial charge < -0.3 is 5.21 Å². The number of carbonyl (C=O) groups excluding carboxylic acids is 1. The maximum absolute atomic E-state index is 11.9. The molecule has 3 N–H and O–H groups in total. The Kier molecular flexibility index (Phi) is 2.68. The van der Waals surface area contributed by atoms with Crippen LogP contribution in [-0.2, 0) is 0 Å². The molecule has 0 aliphatic rings. The van der Waals surface area contributed by atoms with Crippen molar-refractivity contribution in [1.82, 2.24) is 19.7 Å². The molecule has 1 aromatic carbocycles. The van der Waals surface area contributed by atoms with Gasteiger partial charge in [0.2, 0.25) is 11.6 Å². The topological polar surface area (TPSA) is 113 Å². The van der Waals surface area contributed by atoms with Crippen molar-refractivity contribution in [1.29, 1.82) is 0 Å². The number of fused-ring (bicyclic) bond motifs is 1. The normalized spacial score (nSPS) is 10.6. The zero-order chi connectivity index (χ0) is 14.1. The average molecular weight is 271 g/mol. The van der Waals surface area contributed by atoms with E-state index in [0.29, 0.717) is 10.3 Å². The fraction of sp³-hybridized carbons (Fsp3) is 0. The molecule has 100 valence electrons. The second kappa shape index (κ2) is 4.50. The van der Waals surface area contributed by atoms with Gasteiger partial charge in [0.1, 0.15) is 6.33 Å². The van der Waals surface area contributed by atoms with E-state index in [1.807, 2.05) is 0 Å². The van der Waals surface area contributed by atoms with Gasteiger partial charge >= 0.3 is 0 Å². The van der Waals surface area contributed by atoms with Crippen molar-refractivity contribution >= 4 is 23.0 Å². The zero-order valence-electron chi connectivity index (χ0n) is 10.1. The van der Waals surface area contributed by atoms with Gasteiger partial charge in [0, 0.05) is 5.56 Å². The number of nitrogens with one attached hydrogen (secondary N) is 2. The van der Waals surface area contributed by atoms with E-state index in [1.54, 1.807) is 30.3 Å². The number of hydrogen-bond donors (Lipinski definition) is 3. The van der Waals surface area contributed by atoms with E-state index < -0.39 is 11.5 Å². The molecule has 0 radical (unpaired) electrons. The predicted octanol–water partition coefficient (Wildman–Crippen LogP) is 0.609. The summed E-state index contributed by atoms with van der Waals surface area (Å²) in [7, 11) is 0. The summed E-state index contributed by atoms with van der Waals surface area (Å²) in [5, 5.41) is 11.9. The van der Waals surface area contributed by atoms with Crippen LogP contribution in [0.4, 0.5) is 5.95 Å². The number of aromatic amines is 1. The lowest BCUT2D eigenvalue weighted by molar-refractivity contribution is 0.102. The summed E-state index contributed by atoms with van der Waals surface area (Å²) in [5.74, 6) is -0.482. The third-order valence-corrected chi connectivity index (χ3v) is 2.66. The molecule has 0 aliphatic heterocycles. The van der Waals surface area contributed by atoms with Crippen molar-refractivity contribution in [3.05, 3.63) is 52.6 Å². The lowest BCUT2D eigenvalue weighted by Crippen LogP contribution is -2.18. The van der Waals surface area contributed by atoms with Crippen LogP contribution in [0, 0.1) is 0 Å². The molecule has 0 aliphatic carbocycles. The minimum absolute atomic E-state index is 0.00906. The van der Waals surface area contributed by atoms with Gasteiger partial charge in [-0.15, -0.1) is 0 Å². The second-order valence-corrected chi connectivity index (χ2v) is 4.00. The van der Waals surface area contributed by atoms with Gasteiger partial charge in [-0.25, -0.2) is 4.98 Å². The fourth-order valence-corrected chi connectivity index (χ4v) is 1.73. The van der Waals surface area contributed by atoms with Gasteiger partial charge in [-0.2, -0.15) is 9.71 Å². The molecule has 8 nitrogen and oxygen atoms in total. The Morgan fingerprint density at radius 1 is 1.30 bits per heavy atom. The number of aromatic nitrogens is 4. The number of amides is 1. The third kappa shape index (κ3) is 1.99. The van der Waals surface area contributed by atoms with E-state index >= 15 is 0 Å². The minimum atomic E-state index is -0.550. The van der Waals surface area contributed by atoms with E-state index in [9.17, 15) is 14.8 Å². The summed E-state index contributed by atoms with van der Waals surface area (Å²) in [5.41, 5.74) is -0.166. The smallest absolute Gasteiger partial charge is 0.280 e. The van der Waals surface area contributed by atoms with E-state index in [4.69, 9.17) is 0 Å². The zero-order valence-corrected chi connectivity index (χ0v) is 10.1. The van der Waals surface area contributed by atoms with Gasteiger partial charge in [0.25, 0.3) is 11.5 Å². The van der Waals surface area contributed by atoms with Gasteiger partial charge in [-0.1, -0.05) is 18.2 Å². The van der Waals surface area contributed by atoms with Crippen LogP contribution in [0.3, 0.4) is 0 Å². The van der Waals surface area contributed by atoms with E-state index in [2.05, 4.69) is 20.3 Å². The highest BCUT2D eigenvalue weighted by molar-refractivity contribution is 6.03. The van der Waals surface area contributed by atoms with Crippen LogP contribution < -0.4 is 10.9 Å². The summed E-state index contributed by atoms with van der Waals surface area (Å²) >= 11 is 0. The molecule has 3 rings (SSSR count). The van der Waals surface area contributed by atoms with Crippen molar-refractivity contribution in [3.63, 3.8) is 0 Å². The van der Waals surface area contributed by atoms with Crippen LogP contribution in [0.2, 0.25) is 0 Å². The molecule has 0 spiro atoms. The van der Waals surface area contributed by atoms with Crippen molar-refractivity contribution in [2.45, 2.75) is 0 Å². The Balaban J connectivity index is 1.97. The summed E-state index contributed by atoms with van der Waals surface area (Å²) in [4.78, 5) is 33.6. The van der Waals surface area contributed by atoms with Crippen LogP contribution in [0.1, 0.15) is 10.4 Å². The first-order valence-electron chi connectivity index (χ1n) is 5.68. The van der Waals surface area contributed by atoms with Crippen molar-refractivity contribution in [2.24, 2.45) is 0 Å². The Bertz CT molecular complexity index is 837. The Labute approximate surface area is 111 Å². The van der Waals surface area contributed by atoms with Crippen LogP contribution in [0.15, 0.2) is 41.5 Å². The van der Waals surface area contributed by atoms with E-state index in [-0.39, 0.29) is 17.1 Å². The monoisotopic (exact) mass is 271 g/mol. The Morgan fingerprint density at radius 3 is 2.80 bits per heavy atom. The van der Waals surface area contributed by atoms with Crippen LogP contribution in [0.5, 0.6) is 0 Å². The number of H-pyrrole nitrogens is 1. The van der Waals surface area contributed by atoms with E-state index in [1.165, 1.54) is 0 Å². The molecule has 0 unspecified atom stereocenters.